The van der Waals surface area contributed by atoms with Crippen molar-refractivity contribution in [3.05, 3.63) is 48.3 Å². The number of rotatable bonds is 5. The molecule has 0 radical (unpaired) electrons. The SMILES string of the molecule is CCN(C)C(=O)Cn1cnc2ccc(-c3ccc(C(F)(F)F)cc3OC)cc21. The molecule has 28 heavy (non-hydrogen) atoms. The zero-order valence-corrected chi connectivity index (χ0v) is 15.7. The Hall–Kier alpha value is -3.03. The third-order valence-corrected chi connectivity index (χ3v) is 4.67. The van der Waals surface area contributed by atoms with E-state index in [9.17, 15) is 18.0 Å². The lowest BCUT2D eigenvalue weighted by atomic mass is 10.0. The maximum atomic E-state index is 13.0. The van der Waals surface area contributed by atoms with Crippen LogP contribution >= 0.6 is 0 Å². The summed E-state index contributed by atoms with van der Waals surface area (Å²) in [5.74, 6) is 0.0707. The first-order chi connectivity index (χ1) is 13.2. The summed E-state index contributed by atoms with van der Waals surface area (Å²) in [6.07, 6.45) is -2.86. The van der Waals surface area contributed by atoms with E-state index in [1.54, 1.807) is 41.0 Å². The van der Waals surface area contributed by atoms with Gasteiger partial charge in [0.15, 0.2) is 0 Å². The highest BCUT2D eigenvalue weighted by molar-refractivity contribution is 5.85. The third kappa shape index (κ3) is 3.81. The normalized spacial score (nSPS) is 11.6. The summed E-state index contributed by atoms with van der Waals surface area (Å²) < 4.78 is 45.8. The van der Waals surface area contributed by atoms with Gasteiger partial charge in [-0.15, -0.1) is 0 Å². The van der Waals surface area contributed by atoms with Crippen LogP contribution in [-0.4, -0.2) is 41.1 Å². The summed E-state index contributed by atoms with van der Waals surface area (Å²) in [6.45, 7) is 2.62. The van der Waals surface area contributed by atoms with Crippen LogP contribution in [0.5, 0.6) is 5.75 Å². The number of hydrogen-bond acceptors (Lipinski definition) is 3. The molecule has 0 bridgehead atoms. The average molecular weight is 391 g/mol. The minimum atomic E-state index is -4.44. The number of methoxy groups -OCH3 is 1. The standard InChI is InChI=1S/C20H20F3N3O2/c1-4-25(2)19(27)11-26-12-24-16-8-5-13(9-17(16)26)15-7-6-14(20(21,22)23)10-18(15)28-3/h5-10,12H,4,11H2,1-3H3. The van der Waals surface area contributed by atoms with Gasteiger partial charge < -0.3 is 14.2 Å². The molecule has 3 aromatic rings. The second kappa shape index (κ2) is 7.53. The molecule has 0 aliphatic carbocycles. The Bertz CT molecular complexity index is 1010. The van der Waals surface area contributed by atoms with Crippen molar-refractivity contribution in [1.29, 1.82) is 0 Å². The molecule has 0 aliphatic rings. The molecule has 8 heteroatoms. The van der Waals surface area contributed by atoms with Gasteiger partial charge in [0.25, 0.3) is 0 Å². The number of imidazole rings is 1. The fourth-order valence-corrected chi connectivity index (χ4v) is 2.90. The number of alkyl halides is 3. The Morgan fingerprint density at radius 3 is 2.61 bits per heavy atom. The third-order valence-electron chi connectivity index (χ3n) is 4.67. The highest BCUT2D eigenvalue weighted by Gasteiger charge is 2.31. The van der Waals surface area contributed by atoms with E-state index < -0.39 is 11.7 Å². The fourth-order valence-electron chi connectivity index (χ4n) is 2.90. The monoisotopic (exact) mass is 391 g/mol. The Labute approximate surface area is 160 Å². The molecule has 2 aromatic carbocycles. The number of aromatic nitrogens is 2. The Balaban J connectivity index is 2.03. The van der Waals surface area contributed by atoms with Gasteiger partial charge >= 0.3 is 6.18 Å². The van der Waals surface area contributed by atoms with Crippen molar-refractivity contribution in [1.82, 2.24) is 14.5 Å². The summed E-state index contributed by atoms with van der Waals surface area (Å²) in [5, 5.41) is 0. The van der Waals surface area contributed by atoms with Crippen molar-refractivity contribution in [2.24, 2.45) is 0 Å². The van der Waals surface area contributed by atoms with Crippen molar-refractivity contribution in [2.75, 3.05) is 20.7 Å². The molecular weight excluding hydrogens is 371 g/mol. The van der Waals surface area contributed by atoms with Crippen LogP contribution in [0.1, 0.15) is 12.5 Å². The summed E-state index contributed by atoms with van der Waals surface area (Å²) >= 11 is 0. The van der Waals surface area contributed by atoms with Crippen molar-refractivity contribution in [2.45, 2.75) is 19.6 Å². The summed E-state index contributed by atoms with van der Waals surface area (Å²) in [6, 6.07) is 8.74. The maximum absolute atomic E-state index is 13.0. The molecular formula is C20H20F3N3O2. The van der Waals surface area contributed by atoms with Gasteiger partial charge in [-0.1, -0.05) is 12.1 Å². The lowest BCUT2D eigenvalue weighted by Gasteiger charge is -2.15. The molecule has 5 nitrogen and oxygen atoms in total. The average Bonchev–Trinajstić information content (AvgIpc) is 3.08. The van der Waals surface area contributed by atoms with E-state index in [0.717, 1.165) is 17.6 Å². The highest BCUT2D eigenvalue weighted by atomic mass is 19.4. The van der Waals surface area contributed by atoms with Gasteiger partial charge in [0.1, 0.15) is 12.3 Å². The molecule has 3 rings (SSSR count). The number of amides is 1. The molecule has 0 saturated heterocycles. The second-order valence-electron chi connectivity index (χ2n) is 6.40. The van der Waals surface area contributed by atoms with E-state index in [2.05, 4.69) is 4.98 Å². The number of hydrogen-bond donors (Lipinski definition) is 0. The van der Waals surface area contributed by atoms with E-state index >= 15 is 0 Å². The van der Waals surface area contributed by atoms with Gasteiger partial charge in [-0.25, -0.2) is 4.98 Å². The largest absolute Gasteiger partial charge is 0.496 e. The Morgan fingerprint density at radius 1 is 1.21 bits per heavy atom. The molecule has 0 aliphatic heterocycles. The Kier molecular flexibility index (Phi) is 5.31. The van der Waals surface area contributed by atoms with Crippen molar-refractivity contribution >= 4 is 16.9 Å². The minimum absolute atomic E-state index is 0.0562. The quantitative estimate of drug-likeness (QED) is 0.655. The Morgan fingerprint density at radius 2 is 1.96 bits per heavy atom. The molecule has 0 atom stereocenters. The van der Waals surface area contributed by atoms with Crippen LogP contribution in [-0.2, 0) is 17.5 Å². The number of carbonyl (C=O) groups is 1. The van der Waals surface area contributed by atoms with Crippen LogP contribution in [0.15, 0.2) is 42.7 Å². The molecule has 0 spiro atoms. The smallest absolute Gasteiger partial charge is 0.416 e. The zero-order valence-electron chi connectivity index (χ0n) is 15.7. The molecule has 148 valence electrons. The van der Waals surface area contributed by atoms with Crippen LogP contribution in [0.2, 0.25) is 0 Å². The minimum Gasteiger partial charge on any atom is -0.496 e. The van der Waals surface area contributed by atoms with Crippen LogP contribution < -0.4 is 4.74 Å². The molecule has 0 saturated carbocycles. The van der Waals surface area contributed by atoms with Gasteiger partial charge in [-0.2, -0.15) is 13.2 Å². The maximum Gasteiger partial charge on any atom is 0.416 e. The van der Waals surface area contributed by atoms with E-state index in [1.165, 1.54) is 13.2 Å². The first kappa shape index (κ1) is 19.7. The second-order valence-corrected chi connectivity index (χ2v) is 6.40. The van der Waals surface area contributed by atoms with E-state index in [0.29, 0.717) is 23.2 Å². The predicted molar refractivity (Wildman–Crippen MR) is 100 cm³/mol. The lowest BCUT2D eigenvalue weighted by molar-refractivity contribution is -0.137. The van der Waals surface area contributed by atoms with Crippen LogP contribution in [0.3, 0.4) is 0 Å². The van der Waals surface area contributed by atoms with Gasteiger partial charge in [-0.3, -0.25) is 4.79 Å². The number of fused-ring (bicyclic) bond motifs is 1. The van der Waals surface area contributed by atoms with Crippen LogP contribution in [0, 0.1) is 0 Å². The molecule has 1 amide bonds. The van der Waals surface area contributed by atoms with Crippen molar-refractivity contribution in [3.63, 3.8) is 0 Å². The molecule has 1 heterocycles. The molecule has 0 fully saturated rings. The first-order valence-electron chi connectivity index (χ1n) is 8.69. The number of benzene rings is 2. The van der Waals surface area contributed by atoms with Crippen molar-refractivity contribution < 1.29 is 22.7 Å². The number of nitrogens with zero attached hydrogens (tertiary/aromatic N) is 3. The number of likely N-dealkylation sites (N-methyl/N-ethyl adjacent to an activating group) is 1. The van der Waals surface area contributed by atoms with E-state index in [-0.39, 0.29) is 18.2 Å². The molecule has 0 unspecified atom stereocenters. The highest BCUT2D eigenvalue weighted by Crippen LogP contribution is 2.37. The topological polar surface area (TPSA) is 47.4 Å². The van der Waals surface area contributed by atoms with Crippen molar-refractivity contribution in [3.8, 4) is 16.9 Å². The summed E-state index contributed by atoms with van der Waals surface area (Å²) in [7, 11) is 3.06. The van der Waals surface area contributed by atoms with Gasteiger partial charge in [0.05, 0.1) is 30.0 Å². The number of carbonyl (C=O) groups excluding carboxylic acids is 1. The van der Waals surface area contributed by atoms with E-state index in [4.69, 9.17) is 4.74 Å². The van der Waals surface area contributed by atoms with Gasteiger partial charge in [0.2, 0.25) is 5.91 Å². The number of halogens is 3. The first-order valence-corrected chi connectivity index (χ1v) is 8.69. The lowest BCUT2D eigenvalue weighted by Crippen LogP contribution is -2.29. The fraction of sp³-hybridized carbons (Fsp3) is 0.300. The van der Waals surface area contributed by atoms with Crippen LogP contribution in [0.4, 0.5) is 13.2 Å². The van der Waals surface area contributed by atoms with Gasteiger partial charge in [0, 0.05) is 19.2 Å². The summed E-state index contributed by atoms with van der Waals surface area (Å²) in [4.78, 5) is 18.1. The zero-order chi connectivity index (χ0) is 20.5. The van der Waals surface area contributed by atoms with E-state index in [1.807, 2.05) is 6.92 Å². The van der Waals surface area contributed by atoms with Crippen LogP contribution in [0.25, 0.3) is 22.2 Å². The molecule has 1 aromatic heterocycles. The predicted octanol–water partition coefficient (Wildman–Crippen LogP) is 4.21. The molecule has 0 N–H and O–H groups in total. The number of ether oxygens (including phenoxy) is 1. The van der Waals surface area contributed by atoms with Gasteiger partial charge in [-0.05, 0) is 36.8 Å². The summed E-state index contributed by atoms with van der Waals surface area (Å²) in [5.41, 5.74) is 1.85.